The van der Waals surface area contributed by atoms with Gasteiger partial charge in [0.05, 0.1) is 6.33 Å². The average Bonchev–Trinajstić information content (AvgIpc) is 2.24. The van der Waals surface area contributed by atoms with Crippen molar-refractivity contribution < 1.29 is 4.79 Å². The van der Waals surface area contributed by atoms with E-state index in [4.69, 9.17) is 17.3 Å². The molecule has 1 amide bonds. The van der Waals surface area contributed by atoms with Gasteiger partial charge in [0, 0.05) is 20.0 Å². The molecule has 0 atom stereocenters. The van der Waals surface area contributed by atoms with E-state index in [2.05, 4.69) is 10.3 Å². The smallest absolute Gasteiger partial charge is 0.278 e. The third-order valence-corrected chi connectivity index (χ3v) is 2.18. The number of amides is 1. The topological polar surface area (TPSA) is 90.0 Å². The minimum Gasteiger partial charge on any atom is -0.392 e. The highest BCUT2D eigenvalue weighted by Crippen LogP contribution is 2.07. The maximum Gasteiger partial charge on any atom is 0.278 e. The number of hydrogen-bond acceptors (Lipinski definition) is 4. The average molecular weight is 231 g/mol. The van der Waals surface area contributed by atoms with Crippen molar-refractivity contribution in [1.82, 2.24) is 14.9 Å². The number of aromatic nitrogens is 2. The molecule has 0 spiro atoms. The summed E-state index contributed by atoms with van der Waals surface area (Å²) in [6.07, 6.45) is 1.46. The van der Waals surface area contributed by atoms with Gasteiger partial charge in [-0.2, -0.15) is 0 Å². The molecule has 0 aromatic carbocycles. The second kappa shape index (κ2) is 4.79. The number of hydrogen-bond donors (Lipinski definition) is 2. The van der Waals surface area contributed by atoms with E-state index in [0.717, 1.165) is 0 Å². The molecule has 0 aliphatic heterocycles. The highest BCUT2D eigenvalue weighted by atomic mass is 35.5. The third kappa shape index (κ3) is 2.69. The van der Waals surface area contributed by atoms with Gasteiger partial charge in [0.1, 0.15) is 5.69 Å². The Balaban J connectivity index is 2.84. The molecule has 0 saturated carbocycles. The van der Waals surface area contributed by atoms with Crippen molar-refractivity contribution in [1.29, 1.82) is 0 Å². The van der Waals surface area contributed by atoms with Gasteiger partial charge in [-0.25, -0.2) is 4.98 Å². The fraction of sp³-hybridized carbons (Fsp3) is 0.375. The lowest BCUT2D eigenvalue weighted by molar-refractivity contribution is -0.120. The molecule has 82 valence electrons. The highest BCUT2D eigenvalue weighted by Gasteiger charge is 2.07. The summed E-state index contributed by atoms with van der Waals surface area (Å²) < 4.78 is 1.25. The van der Waals surface area contributed by atoms with Crippen LogP contribution in [0.25, 0.3) is 0 Å². The minimum absolute atomic E-state index is 0.0174. The lowest BCUT2D eigenvalue weighted by Gasteiger charge is -2.05. The second-order valence-corrected chi connectivity index (χ2v) is 3.23. The Kier molecular flexibility index (Phi) is 3.68. The molecule has 0 unspecified atom stereocenters. The van der Waals surface area contributed by atoms with E-state index in [0.29, 0.717) is 0 Å². The van der Waals surface area contributed by atoms with Gasteiger partial charge in [-0.3, -0.25) is 14.2 Å². The largest absolute Gasteiger partial charge is 0.392 e. The standard InChI is InChI=1S/C8H11ClN4O2/c1-11-5(14)2-3-13-4-12-7(9)6(10)8(13)15/h4H,2-3,10H2,1H3,(H,11,14). The van der Waals surface area contributed by atoms with Crippen LogP contribution in [0.5, 0.6) is 0 Å². The minimum atomic E-state index is -0.432. The quantitative estimate of drug-likeness (QED) is 0.693. The van der Waals surface area contributed by atoms with Crippen LogP contribution in [0.2, 0.25) is 5.15 Å². The Morgan fingerprint density at radius 3 is 3.00 bits per heavy atom. The highest BCUT2D eigenvalue weighted by molar-refractivity contribution is 6.31. The lowest BCUT2D eigenvalue weighted by atomic mass is 10.4. The van der Waals surface area contributed by atoms with E-state index in [1.165, 1.54) is 17.9 Å². The monoisotopic (exact) mass is 230 g/mol. The first-order valence-electron chi connectivity index (χ1n) is 4.27. The van der Waals surface area contributed by atoms with E-state index in [1.54, 1.807) is 0 Å². The summed E-state index contributed by atoms with van der Waals surface area (Å²) in [5, 5.41) is 2.43. The number of carbonyl (C=O) groups excluding carboxylic acids is 1. The Morgan fingerprint density at radius 1 is 1.73 bits per heavy atom. The summed E-state index contributed by atoms with van der Waals surface area (Å²) in [7, 11) is 1.53. The van der Waals surface area contributed by atoms with Gasteiger partial charge in [0.25, 0.3) is 5.56 Å². The number of halogens is 1. The molecule has 3 N–H and O–H groups in total. The van der Waals surface area contributed by atoms with Gasteiger partial charge < -0.3 is 11.1 Å². The molecule has 1 aromatic heterocycles. The van der Waals surface area contributed by atoms with Crippen LogP contribution in [0.3, 0.4) is 0 Å². The Morgan fingerprint density at radius 2 is 2.40 bits per heavy atom. The number of aryl methyl sites for hydroxylation is 1. The number of anilines is 1. The Bertz CT molecular complexity index is 429. The number of nitrogens with one attached hydrogen (secondary N) is 1. The lowest BCUT2D eigenvalue weighted by Crippen LogP contribution is -2.27. The van der Waals surface area contributed by atoms with Gasteiger partial charge in [0.15, 0.2) is 5.15 Å². The summed E-state index contributed by atoms with van der Waals surface area (Å²) in [6.45, 7) is 0.229. The van der Waals surface area contributed by atoms with Crippen molar-refractivity contribution in [3.63, 3.8) is 0 Å². The van der Waals surface area contributed by atoms with Gasteiger partial charge in [-0.05, 0) is 0 Å². The number of nitrogen functional groups attached to an aromatic ring is 1. The van der Waals surface area contributed by atoms with Crippen LogP contribution in [0.4, 0.5) is 5.69 Å². The van der Waals surface area contributed by atoms with Crippen LogP contribution >= 0.6 is 11.6 Å². The molecule has 0 aliphatic carbocycles. The number of nitrogens with zero attached hydrogens (tertiary/aromatic N) is 2. The van der Waals surface area contributed by atoms with Crippen LogP contribution in [0.1, 0.15) is 6.42 Å². The molecule has 0 fully saturated rings. The van der Waals surface area contributed by atoms with E-state index in [9.17, 15) is 9.59 Å². The maximum atomic E-state index is 11.5. The summed E-state index contributed by atoms with van der Waals surface area (Å²) in [5.74, 6) is -0.157. The molecular formula is C8H11ClN4O2. The van der Waals surface area contributed by atoms with E-state index >= 15 is 0 Å². The molecule has 7 heteroatoms. The maximum absolute atomic E-state index is 11.5. The van der Waals surface area contributed by atoms with Crippen molar-refractivity contribution >= 4 is 23.2 Å². The van der Waals surface area contributed by atoms with Crippen molar-refractivity contribution in [3.05, 3.63) is 21.8 Å². The van der Waals surface area contributed by atoms with Crippen LogP contribution in [0.15, 0.2) is 11.1 Å². The zero-order valence-electron chi connectivity index (χ0n) is 8.16. The molecule has 1 heterocycles. The molecular weight excluding hydrogens is 220 g/mol. The third-order valence-electron chi connectivity index (χ3n) is 1.88. The van der Waals surface area contributed by atoms with Crippen molar-refractivity contribution in [3.8, 4) is 0 Å². The molecule has 1 rings (SSSR count). The van der Waals surface area contributed by atoms with E-state index < -0.39 is 5.56 Å². The normalized spacial score (nSPS) is 10.0. The fourth-order valence-corrected chi connectivity index (χ4v) is 1.12. The van der Waals surface area contributed by atoms with Crippen molar-refractivity contribution in [2.75, 3.05) is 12.8 Å². The van der Waals surface area contributed by atoms with Gasteiger partial charge in [-0.1, -0.05) is 11.6 Å². The first-order chi connectivity index (χ1) is 7.06. The SMILES string of the molecule is CNC(=O)CCn1cnc(Cl)c(N)c1=O. The molecule has 6 nitrogen and oxygen atoms in total. The second-order valence-electron chi connectivity index (χ2n) is 2.87. The zero-order valence-corrected chi connectivity index (χ0v) is 8.91. The fourth-order valence-electron chi connectivity index (χ4n) is 0.992. The van der Waals surface area contributed by atoms with Crippen molar-refractivity contribution in [2.24, 2.45) is 0 Å². The van der Waals surface area contributed by atoms with Crippen LogP contribution in [-0.4, -0.2) is 22.5 Å². The summed E-state index contributed by atoms with van der Waals surface area (Å²) in [6, 6.07) is 0. The first-order valence-corrected chi connectivity index (χ1v) is 4.65. The van der Waals surface area contributed by atoms with Gasteiger partial charge in [0.2, 0.25) is 5.91 Å². The van der Waals surface area contributed by atoms with Crippen LogP contribution < -0.4 is 16.6 Å². The molecule has 0 aliphatic rings. The summed E-state index contributed by atoms with van der Waals surface area (Å²) >= 11 is 5.55. The first kappa shape index (κ1) is 11.5. The predicted octanol–water partition coefficient (Wildman–Crippen LogP) is -0.385. The van der Waals surface area contributed by atoms with E-state index in [1.807, 2.05) is 0 Å². The molecule has 0 radical (unpaired) electrons. The Hall–Kier alpha value is -1.56. The predicted molar refractivity (Wildman–Crippen MR) is 56.6 cm³/mol. The zero-order chi connectivity index (χ0) is 11.4. The summed E-state index contributed by atoms with van der Waals surface area (Å²) in [4.78, 5) is 26.1. The number of rotatable bonds is 3. The summed E-state index contributed by atoms with van der Waals surface area (Å²) in [5.41, 5.74) is 4.86. The molecule has 0 saturated heterocycles. The number of carbonyl (C=O) groups is 1. The van der Waals surface area contributed by atoms with E-state index in [-0.39, 0.29) is 29.7 Å². The molecule has 1 aromatic rings. The van der Waals surface area contributed by atoms with Crippen LogP contribution in [0, 0.1) is 0 Å². The molecule has 15 heavy (non-hydrogen) atoms. The van der Waals surface area contributed by atoms with Crippen molar-refractivity contribution in [2.45, 2.75) is 13.0 Å². The van der Waals surface area contributed by atoms with Crippen LogP contribution in [-0.2, 0) is 11.3 Å². The molecule has 0 bridgehead atoms. The van der Waals surface area contributed by atoms with Gasteiger partial charge >= 0.3 is 0 Å². The van der Waals surface area contributed by atoms with Gasteiger partial charge in [-0.15, -0.1) is 0 Å². The number of nitrogens with two attached hydrogens (primary N) is 1. The Labute approximate surface area is 91.1 Å².